The Balaban J connectivity index is 2.19. The Bertz CT molecular complexity index is 378. The fraction of sp³-hybridized carbons (Fsp3) is 0.545. The van der Waals surface area contributed by atoms with Gasteiger partial charge in [0, 0.05) is 22.9 Å². The maximum atomic E-state index is 9.74. The van der Waals surface area contributed by atoms with E-state index in [0.29, 0.717) is 17.5 Å². The first-order valence-corrected chi connectivity index (χ1v) is 6.76. The summed E-state index contributed by atoms with van der Waals surface area (Å²) in [5.41, 5.74) is 0. The van der Waals surface area contributed by atoms with Gasteiger partial charge in [-0.05, 0) is 41.0 Å². The van der Waals surface area contributed by atoms with Crippen LogP contribution in [0.5, 0.6) is 0 Å². The third kappa shape index (κ3) is 2.78. The van der Waals surface area contributed by atoms with Crippen LogP contribution in [-0.4, -0.2) is 29.3 Å². The van der Waals surface area contributed by atoms with Crippen LogP contribution in [0, 0.1) is 9.49 Å². The number of aliphatic hydroxyl groups excluding tert-OH is 1. The normalized spacial score (nSPS) is 25.9. The number of halogens is 2. The van der Waals surface area contributed by atoms with Crippen molar-refractivity contribution in [3.8, 4) is 0 Å². The standard InChI is InChI=1S/C11H14ClIN2O/c1-7-2-8(16)6-15(5-7)11-3-10(13)9(12)4-14-11/h3-4,7-8,16H,2,5-6H2,1H3/t7-,8+/m0/s1. The lowest BCUT2D eigenvalue weighted by molar-refractivity contribution is 0.132. The van der Waals surface area contributed by atoms with Crippen LogP contribution >= 0.6 is 34.2 Å². The van der Waals surface area contributed by atoms with Gasteiger partial charge in [0.25, 0.3) is 0 Å². The Hall–Kier alpha value is -0.0700. The number of aromatic nitrogens is 1. The van der Waals surface area contributed by atoms with E-state index in [-0.39, 0.29) is 6.10 Å². The van der Waals surface area contributed by atoms with Crippen molar-refractivity contribution >= 4 is 40.0 Å². The molecule has 3 nitrogen and oxygen atoms in total. The number of pyridine rings is 1. The number of aliphatic hydroxyl groups is 1. The van der Waals surface area contributed by atoms with Gasteiger partial charge in [0.05, 0.1) is 11.1 Å². The van der Waals surface area contributed by atoms with Gasteiger partial charge in [-0.3, -0.25) is 0 Å². The lowest BCUT2D eigenvalue weighted by Crippen LogP contribution is -2.42. The summed E-state index contributed by atoms with van der Waals surface area (Å²) < 4.78 is 0.997. The van der Waals surface area contributed by atoms with Crippen molar-refractivity contribution in [3.05, 3.63) is 20.9 Å². The molecule has 1 aliphatic heterocycles. The Morgan fingerprint density at radius 1 is 1.56 bits per heavy atom. The molecule has 1 saturated heterocycles. The average Bonchev–Trinajstić information content (AvgIpc) is 2.20. The maximum Gasteiger partial charge on any atom is 0.129 e. The van der Waals surface area contributed by atoms with Crippen LogP contribution < -0.4 is 4.90 Å². The minimum absolute atomic E-state index is 0.251. The van der Waals surface area contributed by atoms with Crippen molar-refractivity contribution in [2.45, 2.75) is 19.4 Å². The first kappa shape index (κ1) is 12.4. The molecular weight excluding hydrogens is 338 g/mol. The topological polar surface area (TPSA) is 36.4 Å². The van der Waals surface area contributed by atoms with Crippen LogP contribution in [-0.2, 0) is 0 Å². The lowest BCUT2D eigenvalue weighted by Gasteiger charge is -2.35. The van der Waals surface area contributed by atoms with Gasteiger partial charge in [0.15, 0.2) is 0 Å². The third-order valence-electron chi connectivity index (χ3n) is 2.76. The van der Waals surface area contributed by atoms with E-state index in [1.165, 1.54) is 0 Å². The Morgan fingerprint density at radius 2 is 2.31 bits per heavy atom. The molecule has 2 atom stereocenters. The molecule has 16 heavy (non-hydrogen) atoms. The molecule has 2 heterocycles. The molecule has 0 amide bonds. The zero-order chi connectivity index (χ0) is 11.7. The minimum atomic E-state index is -0.251. The van der Waals surface area contributed by atoms with Gasteiger partial charge in [-0.15, -0.1) is 0 Å². The molecule has 0 spiro atoms. The van der Waals surface area contributed by atoms with Crippen LogP contribution in [0.2, 0.25) is 5.02 Å². The maximum absolute atomic E-state index is 9.74. The molecule has 0 bridgehead atoms. The molecule has 2 rings (SSSR count). The molecule has 0 aliphatic carbocycles. The zero-order valence-electron chi connectivity index (χ0n) is 9.03. The number of rotatable bonds is 1. The van der Waals surface area contributed by atoms with E-state index in [2.05, 4.69) is 39.4 Å². The van der Waals surface area contributed by atoms with Gasteiger partial charge in [-0.25, -0.2) is 4.98 Å². The summed E-state index contributed by atoms with van der Waals surface area (Å²) in [6.45, 7) is 3.76. The Kier molecular flexibility index (Phi) is 3.92. The summed E-state index contributed by atoms with van der Waals surface area (Å²) in [5, 5.41) is 10.4. The van der Waals surface area contributed by atoms with Crippen LogP contribution in [0.3, 0.4) is 0 Å². The van der Waals surface area contributed by atoms with Crippen molar-refractivity contribution in [1.29, 1.82) is 0 Å². The summed E-state index contributed by atoms with van der Waals surface area (Å²) in [6, 6.07) is 1.97. The summed E-state index contributed by atoms with van der Waals surface area (Å²) >= 11 is 8.13. The molecule has 1 N–H and O–H groups in total. The highest BCUT2D eigenvalue weighted by Gasteiger charge is 2.24. The monoisotopic (exact) mass is 352 g/mol. The predicted octanol–water partition coefficient (Wildman–Crippen LogP) is 2.55. The molecule has 0 aromatic carbocycles. The van der Waals surface area contributed by atoms with Gasteiger partial charge in [0.2, 0.25) is 0 Å². The largest absolute Gasteiger partial charge is 0.391 e. The lowest BCUT2D eigenvalue weighted by atomic mass is 9.98. The number of hydrogen-bond donors (Lipinski definition) is 1. The molecule has 1 fully saturated rings. The number of piperidine rings is 1. The van der Waals surface area contributed by atoms with Gasteiger partial charge in [-0.2, -0.15) is 0 Å². The number of anilines is 1. The van der Waals surface area contributed by atoms with Gasteiger partial charge >= 0.3 is 0 Å². The van der Waals surface area contributed by atoms with E-state index in [4.69, 9.17) is 11.6 Å². The highest BCUT2D eigenvalue weighted by Crippen LogP contribution is 2.25. The fourth-order valence-corrected chi connectivity index (χ4v) is 2.60. The van der Waals surface area contributed by atoms with Crippen molar-refractivity contribution in [2.24, 2.45) is 5.92 Å². The molecule has 0 radical (unpaired) electrons. The zero-order valence-corrected chi connectivity index (χ0v) is 11.9. The Labute approximate surface area is 114 Å². The van der Waals surface area contributed by atoms with Crippen molar-refractivity contribution in [2.75, 3.05) is 18.0 Å². The molecule has 0 unspecified atom stereocenters. The first-order chi connectivity index (χ1) is 7.56. The second-order valence-corrected chi connectivity index (χ2v) is 5.93. The quantitative estimate of drug-likeness (QED) is 0.789. The fourth-order valence-electron chi connectivity index (χ4n) is 2.08. The Morgan fingerprint density at radius 3 is 2.94 bits per heavy atom. The second-order valence-electron chi connectivity index (χ2n) is 4.36. The molecule has 1 aromatic rings. The van der Waals surface area contributed by atoms with E-state index in [1.54, 1.807) is 6.20 Å². The second kappa shape index (κ2) is 5.06. The van der Waals surface area contributed by atoms with E-state index in [1.807, 2.05) is 6.07 Å². The third-order valence-corrected chi connectivity index (χ3v) is 4.27. The van der Waals surface area contributed by atoms with E-state index >= 15 is 0 Å². The van der Waals surface area contributed by atoms with Crippen LogP contribution in [0.25, 0.3) is 0 Å². The summed E-state index contributed by atoms with van der Waals surface area (Å²) in [5.74, 6) is 1.40. The van der Waals surface area contributed by atoms with Crippen LogP contribution in [0.1, 0.15) is 13.3 Å². The number of hydrogen-bond acceptors (Lipinski definition) is 3. The molecular formula is C11H14ClIN2O. The van der Waals surface area contributed by atoms with Gasteiger partial charge < -0.3 is 10.0 Å². The van der Waals surface area contributed by atoms with Gasteiger partial charge in [0.1, 0.15) is 5.82 Å². The smallest absolute Gasteiger partial charge is 0.129 e. The van der Waals surface area contributed by atoms with Gasteiger partial charge in [-0.1, -0.05) is 18.5 Å². The molecule has 0 saturated carbocycles. The summed E-state index contributed by atoms with van der Waals surface area (Å²) in [6.07, 6.45) is 2.30. The van der Waals surface area contributed by atoms with E-state index < -0.39 is 0 Å². The molecule has 88 valence electrons. The number of nitrogens with zero attached hydrogens (tertiary/aromatic N) is 2. The summed E-state index contributed by atoms with van der Waals surface area (Å²) in [4.78, 5) is 6.43. The molecule has 1 aromatic heterocycles. The average molecular weight is 353 g/mol. The van der Waals surface area contributed by atoms with Crippen LogP contribution in [0.15, 0.2) is 12.3 Å². The van der Waals surface area contributed by atoms with Crippen molar-refractivity contribution < 1.29 is 5.11 Å². The first-order valence-electron chi connectivity index (χ1n) is 5.30. The minimum Gasteiger partial charge on any atom is -0.391 e. The molecule has 1 aliphatic rings. The van der Waals surface area contributed by atoms with Crippen molar-refractivity contribution in [1.82, 2.24) is 4.98 Å². The molecule has 5 heteroatoms. The SMILES string of the molecule is C[C@H]1C[C@@H](O)CN(c2cc(I)c(Cl)cn2)C1. The van der Waals surface area contributed by atoms with Crippen molar-refractivity contribution in [3.63, 3.8) is 0 Å². The van der Waals surface area contributed by atoms with E-state index in [0.717, 1.165) is 22.4 Å². The summed E-state index contributed by atoms with van der Waals surface area (Å²) in [7, 11) is 0. The van der Waals surface area contributed by atoms with Crippen LogP contribution in [0.4, 0.5) is 5.82 Å². The number of β-amino-alcohol motifs (C(OH)–C–C–N with tert-alkyl or cyclic N) is 1. The van der Waals surface area contributed by atoms with E-state index in [9.17, 15) is 5.11 Å². The highest BCUT2D eigenvalue weighted by molar-refractivity contribution is 14.1. The highest BCUT2D eigenvalue weighted by atomic mass is 127. The predicted molar refractivity (Wildman–Crippen MR) is 74.0 cm³/mol.